The first-order chi connectivity index (χ1) is 7.07. The molecule has 0 aromatic rings. The maximum Gasteiger partial charge on any atom is 0.223 e. The van der Waals surface area contributed by atoms with Crippen molar-refractivity contribution in [3.8, 4) is 0 Å². The van der Waals surface area contributed by atoms with E-state index in [4.69, 9.17) is 0 Å². The summed E-state index contributed by atoms with van der Waals surface area (Å²) >= 11 is 1.99. The van der Waals surface area contributed by atoms with E-state index in [0.717, 1.165) is 0 Å². The third-order valence-electron chi connectivity index (χ3n) is 3.22. The molecule has 0 spiro atoms. The molecule has 4 heteroatoms. The van der Waals surface area contributed by atoms with Gasteiger partial charge in [0.2, 0.25) is 5.91 Å². The minimum absolute atomic E-state index is 0.235. The molecule has 0 bridgehead atoms. The van der Waals surface area contributed by atoms with Crippen LogP contribution in [0.5, 0.6) is 0 Å². The van der Waals surface area contributed by atoms with Crippen molar-refractivity contribution in [2.75, 3.05) is 24.6 Å². The lowest BCUT2D eigenvalue weighted by Crippen LogP contribution is -2.61. The molecule has 15 heavy (non-hydrogen) atoms. The predicted molar refractivity (Wildman–Crippen MR) is 61.9 cm³/mol. The van der Waals surface area contributed by atoms with Crippen molar-refractivity contribution in [3.05, 3.63) is 0 Å². The Kier molecular flexibility index (Phi) is 3.26. The Hall–Kier alpha value is -0.220. The molecule has 0 aromatic carbocycles. The molecular formula is C11H19NO2S. The number of carbonyl (C=O) groups is 1. The van der Waals surface area contributed by atoms with Crippen molar-refractivity contribution in [1.82, 2.24) is 4.90 Å². The van der Waals surface area contributed by atoms with Crippen LogP contribution in [0.4, 0.5) is 0 Å². The summed E-state index contributed by atoms with van der Waals surface area (Å²) in [5.41, 5.74) is -0.627. The molecule has 2 aliphatic rings. The second-order valence-electron chi connectivity index (χ2n) is 5.01. The number of hydrogen-bond acceptors (Lipinski definition) is 3. The van der Waals surface area contributed by atoms with Crippen LogP contribution in [0.2, 0.25) is 0 Å². The van der Waals surface area contributed by atoms with Gasteiger partial charge in [-0.3, -0.25) is 4.79 Å². The summed E-state index contributed by atoms with van der Waals surface area (Å²) < 4.78 is 0. The number of likely N-dealkylation sites (tertiary alicyclic amines) is 1. The second-order valence-corrected chi connectivity index (χ2v) is 6.23. The Balaban J connectivity index is 1.73. The molecule has 2 rings (SSSR count). The van der Waals surface area contributed by atoms with Crippen molar-refractivity contribution in [2.24, 2.45) is 5.92 Å². The van der Waals surface area contributed by atoms with Crippen molar-refractivity contribution >= 4 is 17.7 Å². The Morgan fingerprint density at radius 1 is 1.47 bits per heavy atom. The van der Waals surface area contributed by atoms with Gasteiger partial charge in [0.25, 0.3) is 0 Å². The van der Waals surface area contributed by atoms with Crippen molar-refractivity contribution in [2.45, 2.75) is 31.8 Å². The number of nitrogens with zero attached hydrogens (tertiary/aromatic N) is 1. The Morgan fingerprint density at radius 3 is 2.60 bits per heavy atom. The number of β-amino-alcohol motifs (C(OH)–C–C–N with tert-alkyl or cyclic N) is 1. The number of hydrogen-bond donors (Lipinski definition) is 1. The van der Waals surface area contributed by atoms with E-state index >= 15 is 0 Å². The lowest BCUT2D eigenvalue weighted by atomic mass is 9.93. The average Bonchev–Trinajstić information content (AvgIpc) is 2.15. The van der Waals surface area contributed by atoms with E-state index < -0.39 is 5.60 Å². The van der Waals surface area contributed by atoms with Crippen LogP contribution in [-0.4, -0.2) is 46.1 Å². The first kappa shape index (κ1) is 11.3. The van der Waals surface area contributed by atoms with E-state index in [-0.39, 0.29) is 5.91 Å². The summed E-state index contributed by atoms with van der Waals surface area (Å²) in [5.74, 6) is 3.23. The zero-order valence-electron chi connectivity index (χ0n) is 9.24. The van der Waals surface area contributed by atoms with Gasteiger partial charge in [0.05, 0.1) is 18.7 Å². The first-order valence-electron chi connectivity index (χ1n) is 5.65. The number of aliphatic hydroxyl groups is 1. The summed E-state index contributed by atoms with van der Waals surface area (Å²) in [6.45, 7) is 2.83. The monoisotopic (exact) mass is 229 g/mol. The zero-order valence-corrected chi connectivity index (χ0v) is 10.1. The van der Waals surface area contributed by atoms with Gasteiger partial charge in [-0.2, -0.15) is 11.8 Å². The Morgan fingerprint density at radius 2 is 2.07 bits per heavy atom. The fourth-order valence-electron chi connectivity index (χ4n) is 2.28. The van der Waals surface area contributed by atoms with Crippen LogP contribution in [0.1, 0.15) is 26.2 Å². The second kappa shape index (κ2) is 4.34. The topological polar surface area (TPSA) is 40.5 Å². The standard InChI is InChI=1S/C11H19NO2S/c1-11(14)7-12(8-11)10(13)6-9-2-4-15-5-3-9/h9,14H,2-8H2,1H3. The summed E-state index contributed by atoms with van der Waals surface area (Å²) in [6, 6.07) is 0. The van der Waals surface area contributed by atoms with Gasteiger partial charge < -0.3 is 10.0 Å². The quantitative estimate of drug-likeness (QED) is 0.771. The molecule has 0 saturated carbocycles. The highest BCUT2D eigenvalue weighted by atomic mass is 32.2. The van der Waals surface area contributed by atoms with Gasteiger partial charge in [0.15, 0.2) is 0 Å². The molecular weight excluding hydrogens is 210 g/mol. The third kappa shape index (κ3) is 2.88. The number of rotatable bonds is 2. The molecule has 2 saturated heterocycles. The minimum Gasteiger partial charge on any atom is -0.386 e. The van der Waals surface area contributed by atoms with Crippen LogP contribution in [-0.2, 0) is 4.79 Å². The highest BCUT2D eigenvalue weighted by molar-refractivity contribution is 7.99. The van der Waals surface area contributed by atoms with Gasteiger partial charge in [-0.25, -0.2) is 0 Å². The van der Waals surface area contributed by atoms with Crippen LogP contribution < -0.4 is 0 Å². The van der Waals surface area contributed by atoms with Gasteiger partial charge in [-0.1, -0.05) is 0 Å². The van der Waals surface area contributed by atoms with Crippen molar-refractivity contribution in [3.63, 3.8) is 0 Å². The van der Waals surface area contributed by atoms with Crippen LogP contribution >= 0.6 is 11.8 Å². The van der Waals surface area contributed by atoms with Gasteiger partial charge in [-0.15, -0.1) is 0 Å². The molecule has 86 valence electrons. The molecule has 0 aromatic heterocycles. The van der Waals surface area contributed by atoms with E-state index in [0.29, 0.717) is 25.4 Å². The molecule has 0 radical (unpaired) electrons. The van der Waals surface area contributed by atoms with Crippen LogP contribution in [0.15, 0.2) is 0 Å². The maximum absolute atomic E-state index is 11.8. The smallest absolute Gasteiger partial charge is 0.223 e. The number of amides is 1. The Labute approximate surface area is 95.2 Å². The normalized spacial score (nSPS) is 26.1. The molecule has 1 N–H and O–H groups in total. The minimum atomic E-state index is -0.627. The third-order valence-corrected chi connectivity index (χ3v) is 4.27. The van der Waals surface area contributed by atoms with E-state index in [9.17, 15) is 9.90 Å². The van der Waals surface area contributed by atoms with Crippen LogP contribution in [0, 0.1) is 5.92 Å². The molecule has 1 amide bonds. The SMILES string of the molecule is CC1(O)CN(C(=O)CC2CCSCC2)C1. The summed E-state index contributed by atoms with van der Waals surface area (Å²) in [4.78, 5) is 13.6. The van der Waals surface area contributed by atoms with Gasteiger partial charge in [0.1, 0.15) is 0 Å². The molecule has 2 fully saturated rings. The number of carbonyl (C=O) groups excluding carboxylic acids is 1. The molecule has 3 nitrogen and oxygen atoms in total. The highest BCUT2D eigenvalue weighted by Crippen LogP contribution is 2.28. The van der Waals surface area contributed by atoms with Gasteiger partial charge in [-0.05, 0) is 37.2 Å². The van der Waals surface area contributed by atoms with Crippen LogP contribution in [0.25, 0.3) is 0 Å². The zero-order chi connectivity index (χ0) is 10.9. The summed E-state index contributed by atoms with van der Waals surface area (Å²) in [5, 5.41) is 9.54. The van der Waals surface area contributed by atoms with Crippen LogP contribution in [0.3, 0.4) is 0 Å². The predicted octanol–water partition coefficient (Wildman–Crippen LogP) is 1.11. The lowest BCUT2D eigenvalue weighted by Gasteiger charge is -2.44. The maximum atomic E-state index is 11.8. The van der Waals surface area contributed by atoms with E-state index in [1.54, 1.807) is 11.8 Å². The molecule has 2 heterocycles. The fourth-order valence-corrected chi connectivity index (χ4v) is 3.48. The summed E-state index contributed by atoms with van der Waals surface area (Å²) in [6.07, 6.45) is 3.05. The van der Waals surface area contributed by atoms with Crippen molar-refractivity contribution in [1.29, 1.82) is 0 Å². The lowest BCUT2D eigenvalue weighted by molar-refractivity contribution is -0.153. The van der Waals surface area contributed by atoms with E-state index in [1.807, 2.05) is 11.8 Å². The Bertz CT molecular complexity index is 241. The van der Waals surface area contributed by atoms with Gasteiger partial charge in [0, 0.05) is 6.42 Å². The molecule has 0 aliphatic carbocycles. The number of thioether (sulfide) groups is 1. The summed E-state index contributed by atoms with van der Waals surface area (Å²) in [7, 11) is 0. The largest absolute Gasteiger partial charge is 0.386 e. The van der Waals surface area contributed by atoms with Crippen molar-refractivity contribution < 1.29 is 9.90 Å². The fraction of sp³-hybridized carbons (Fsp3) is 0.909. The molecule has 2 aliphatic heterocycles. The van der Waals surface area contributed by atoms with E-state index in [1.165, 1.54) is 24.3 Å². The van der Waals surface area contributed by atoms with Gasteiger partial charge >= 0.3 is 0 Å². The highest BCUT2D eigenvalue weighted by Gasteiger charge is 2.39. The first-order valence-corrected chi connectivity index (χ1v) is 6.80. The molecule has 0 unspecified atom stereocenters. The van der Waals surface area contributed by atoms with E-state index in [2.05, 4.69) is 0 Å². The molecule has 0 atom stereocenters. The average molecular weight is 229 g/mol.